The Morgan fingerprint density at radius 1 is 1.43 bits per heavy atom. The van der Waals surface area contributed by atoms with Gasteiger partial charge in [-0.2, -0.15) is 5.10 Å². The maximum Gasteiger partial charge on any atom is 0.153 e. The monoisotopic (exact) mass is 224 g/mol. The summed E-state index contributed by atoms with van der Waals surface area (Å²) in [6, 6.07) is 8.13. The van der Waals surface area contributed by atoms with E-state index in [1.54, 1.807) is 6.21 Å². The van der Waals surface area contributed by atoms with Crippen molar-refractivity contribution < 1.29 is 0 Å². The zero-order chi connectivity index (χ0) is 10.4. The van der Waals surface area contributed by atoms with Crippen molar-refractivity contribution in [2.45, 2.75) is 6.92 Å². The molecule has 1 N–H and O–H groups in total. The lowest BCUT2D eigenvalue weighted by molar-refractivity contribution is 1.07. The molecule has 0 fully saturated rings. The highest BCUT2D eigenvalue weighted by Gasteiger charge is 1.88. The van der Waals surface area contributed by atoms with Gasteiger partial charge in [0.15, 0.2) is 4.32 Å². The summed E-state index contributed by atoms with van der Waals surface area (Å²) in [6.07, 6.45) is 3.67. The second kappa shape index (κ2) is 5.78. The fraction of sp³-hybridized carbons (Fsp3) is 0.200. The van der Waals surface area contributed by atoms with Crippen LogP contribution in [0.25, 0.3) is 0 Å². The maximum absolute atomic E-state index is 4.93. The number of hydrogen-bond acceptors (Lipinski definition) is 3. The van der Waals surface area contributed by atoms with Crippen LogP contribution in [0.5, 0.6) is 0 Å². The average Bonchev–Trinajstić information content (AvgIpc) is 2.21. The summed E-state index contributed by atoms with van der Waals surface area (Å²) in [5, 5.41) is 4.00. The van der Waals surface area contributed by atoms with Crippen LogP contribution < -0.4 is 5.43 Å². The zero-order valence-electron chi connectivity index (χ0n) is 8.15. The first-order valence-corrected chi connectivity index (χ1v) is 5.79. The van der Waals surface area contributed by atoms with E-state index in [1.807, 2.05) is 30.5 Å². The van der Waals surface area contributed by atoms with Crippen molar-refractivity contribution in [3.63, 3.8) is 0 Å². The highest BCUT2D eigenvalue weighted by molar-refractivity contribution is 8.22. The van der Waals surface area contributed by atoms with Crippen molar-refractivity contribution in [1.29, 1.82) is 0 Å². The van der Waals surface area contributed by atoms with Crippen LogP contribution in [0.1, 0.15) is 11.1 Å². The molecule has 0 atom stereocenters. The van der Waals surface area contributed by atoms with Crippen LogP contribution in [0, 0.1) is 6.92 Å². The second-order valence-electron chi connectivity index (χ2n) is 2.77. The maximum atomic E-state index is 4.93. The first-order valence-electron chi connectivity index (χ1n) is 4.16. The molecule has 1 aromatic rings. The number of hydrazone groups is 1. The predicted molar refractivity (Wildman–Crippen MR) is 68.0 cm³/mol. The molecule has 0 aromatic heterocycles. The van der Waals surface area contributed by atoms with Crippen molar-refractivity contribution in [3.05, 3.63) is 35.4 Å². The Balaban J connectivity index is 2.52. The molecule has 2 nitrogen and oxygen atoms in total. The van der Waals surface area contributed by atoms with E-state index in [0.717, 1.165) is 5.56 Å². The molecule has 0 saturated carbocycles. The number of nitrogens with zero attached hydrogens (tertiary/aromatic N) is 1. The molecule has 74 valence electrons. The third-order valence-corrected chi connectivity index (χ3v) is 2.69. The second-order valence-corrected chi connectivity index (χ2v) is 4.26. The van der Waals surface area contributed by atoms with Gasteiger partial charge in [-0.25, -0.2) is 0 Å². The molecule has 0 saturated heterocycles. The Labute approximate surface area is 93.8 Å². The molecule has 0 bridgehead atoms. The molecule has 14 heavy (non-hydrogen) atoms. The summed E-state index contributed by atoms with van der Waals surface area (Å²) in [5.41, 5.74) is 5.07. The molecular formula is C10H12N2S2. The van der Waals surface area contributed by atoms with E-state index in [0.29, 0.717) is 4.32 Å². The first-order chi connectivity index (χ1) is 6.72. The van der Waals surface area contributed by atoms with Gasteiger partial charge in [-0.15, -0.1) is 0 Å². The average molecular weight is 224 g/mol. The van der Waals surface area contributed by atoms with Crippen LogP contribution in [-0.4, -0.2) is 16.8 Å². The quantitative estimate of drug-likeness (QED) is 0.475. The van der Waals surface area contributed by atoms with Gasteiger partial charge in [0.1, 0.15) is 0 Å². The molecule has 1 aromatic carbocycles. The lowest BCUT2D eigenvalue weighted by atomic mass is 10.2. The zero-order valence-corrected chi connectivity index (χ0v) is 9.78. The Hall–Kier alpha value is -0.870. The topological polar surface area (TPSA) is 24.4 Å². The van der Waals surface area contributed by atoms with Gasteiger partial charge in [0.05, 0.1) is 6.21 Å². The molecule has 0 aliphatic rings. The summed E-state index contributed by atoms with van der Waals surface area (Å²) in [7, 11) is 0. The Morgan fingerprint density at radius 2 is 2.07 bits per heavy atom. The molecule has 0 amide bonds. The van der Waals surface area contributed by atoms with E-state index < -0.39 is 0 Å². The van der Waals surface area contributed by atoms with Crippen molar-refractivity contribution in [1.82, 2.24) is 5.43 Å². The molecule has 1 rings (SSSR count). The fourth-order valence-electron chi connectivity index (χ4n) is 0.858. The van der Waals surface area contributed by atoms with Gasteiger partial charge in [0.25, 0.3) is 0 Å². The molecular weight excluding hydrogens is 212 g/mol. The minimum Gasteiger partial charge on any atom is -0.262 e. The van der Waals surface area contributed by atoms with Crippen molar-refractivity contribution in [2.75, 3.05) is 6.26 Å². The number of benzene rings is 1. The molecule has 0 heterocycles. The molecule has 0 unspecified atom stereocenters. The fourth-order valence-corrected chi connectivity index (χ4v) is 1.05. The van der Waals surface area contributed by atoms with Gasteiger partial charge >= 0.3 is 0 Å². The van der Waals surface area contributed by atoms with Crippen LogP contribution in [0.4, 0.5) is 0 Å². The summed E-state index contributed by atoms with van der Waals surface area (Å²) in [4.78, 5) is 0. The van der Waals surface area contributed by atoms with Crippen LogP contribution in [0.2, 0.25) is 0 Å². The molecule has 0 spiro atoms. The summed E-state index contributed by atoms with van der Waals surface area (Å²) >= 11 is 6.40. The standard InChI is InChI=1S/C10H12N2S2/c1-8-3-5-9(6-4-8)7-11-12-10(13)14-2/h3-7H,1-2H3,(H,12,13)/b11-7+. The van der Waals surface area contributed by atoms with Crippen LogP contribution in [0.3, 0.4) is 0 Å². The van der Waals surface area contributed by atoms with E-state index in [9.17, 15) is 0 Å². The van der Waals surface area contributed by atoms with Crippen LogP contribution in [0.15, 0.2) is 29.4 Å². The van der Waals surface area contributed by atoms with Gasteiger partial charge < -0.3 is 0 Å². The van der Waals surface area contributed by atoms with Crippen molar-refractivity contribution in [3.8, 4) is 0 Å². The lowest BCUT2D eigenvalue weighted by Gasteiger charge is -1.97. The van der Waals surface area contributed by atoms with E-state index in [1.165, 1.54) is 17.3 Å². The number of aryl methyl sites for hydroxylation is 1. The summed E-state index contributed by atoms with van der Waals surface area (Å²) in [5.74, 6) is 0. The van der Waals surface area contributed by atoms with Crippen LogP contribution in [-0.2, 0) is 0 Å². The Kier molecular flexibility index (Phi) is 4.62. The smallest absolute Gasteiger partial charge is 0.153 e. The minimum atomic E-state index is 0.674. The van der Waals surface area contributed by atoms with Crippen molar-refractivity contribution >= 4 is 34.5 Å². The Bertz CT molecular complexity index is 330. The summed E-state index contributed by atoms with van der Waals surface area (Å²) in [6.45, 7) is 2.06. The number of rotatable bonds is 2. The highest BCUT2D eigenvalue weighted by atomic mass is 32.2. The van der Waals surface area contributed by atoms with Gasteiger partial charge in [0, 0.05) is 0 Å². The van der Waals surface area contributed by atoms with Gasteiger partial charge in [-0.05, 0) is 18.7 Å². The number of nitrogens with one attached hydrogen (secondary N) is 1. The van der Waals surface area contributed by atoms with Crippen LogP contribution >= 0.6 is 24.0 Å². The molecule has 0 radical (unpaired) electrons. The van der Waals surface area contributed by atoms with E-state index in [2.05, 4.69) is 17.5 Å². The Morgan fingerprint density at radius 3 is 2.64 bits per heavy atom. The third kappa shape index (κ3) is 3.89. The number of thioether (sulfide) groups is 1. The number of thiocarbonyl (C=S) groups is 1. The van der Waals surface area contributed by atoms with E-state index in [4.69, 9.17) is 12.2 Å². The van der Waals surface area contributed by atoms with Crippen molar-refractivity contribution in [2.24, 2.45) is 5.10 Å². The molecule has 0 aliphatic heterocycles. The van der Waals surface area contributed by atoms with Gasteiger partial charge in [0.2, 0.25) is 0 Å². The van der Waals surface area contributed by atoms with E-state index in [-0.39, 0.29) is 0 Å². The number of hydrogen-bond donors (Lipinski definition) is 1. The molecule has 0 aliphatic carbocycles. The largest absolute Gasteiger partial charge is 0.262 e. The van der Waals surface area contributed by atoms with Gasteiger partial charge in [-0.1, -0.05) is 53.8 Å². The first kappa shape index (κ1) is 11.2. The SMILES string of the molecule is CSC(=S)N/N=C/c1ccc(C)cc1. The normalized spacial score (nSPS) is 10.4. The lowest BCUT2D eigenvalue weighted by Crippen LogP contribution is -2.10. The highest BCUT2D eigenvalue weighted by Crippen LogP contribution is 2.00. The third-order valence-electron chi connectivity index (χ3n) is 1.63. The van der Waals surface area contributed by atoms with Gasteiger partial charge in [-0.3, -0.25) is 5.43 Å². The minimum absolute atomic E-state index is 0.674. The molecule has 4 heteroatoms. The van der Waals surface area contributed by atoms with E-state index >= 15 is 0 Å². The predicted octanol–water partition coefficient (Wildman–Crippen LogP) is 2.57. The summed E-state index contributed by atoms with van der Waals surface area (Å²) < 4.78 is 0.674.